The molecular weight excluding hydrogens is 330 g/mol. The van der Waals surface area contributed by atoms with Gasteiger partial charge in [0.1, 0.15) is 11.8 Å². The standard InChI is InChI=1S/C21H29NO4/c1-5-14-11-16(12-18(23)26-21(2,3)4)19(24)22-17(13-25-20(14)22)15-9-7-6-8-10-15/h6-10,14,16-17,20H,5,11-13H2,1-4H3/t14-,16-,17-,20+/m0/s1. The lowest BCUT2D eigenvalue weighted by Gasteiger charge is -2.41. The summed E-state index contributed by atoms with van der Waals surface area (Å²) in [5, 5.41) is 0. The Labute approximate surface area is 155 Å². The van der Waals surface area contributed by atoms with Gasteiger partial charge < -0.3 is 14.4 Å². The number of nitrogens with zero attached hydrogens (tertiary/aromatic N) is 1. The largest absolute Gasteiger partial charge is 0.460 e. The Bertz CT molecular complexity index is 652. The summed E-state index contributed by atoms with van der Waals surface area (Å²) in [5.74, 6) is -0.384. The van der Waals surface area contributed by atoms with Crippen LogP contribution in [-0.2, 0) is 19.1 Å². The van der Waals surface area contributed by atoms with Gasteiger partial charge in [-0.3, -0.25) is 9.59 Å². The second-order valence-electron chi connectivity index (χ2n) is 8.29. The first-order chi connectivity index (χ1) is 12.3. The van der Waals surface area contributed by atoms with Gasteiger partial charge in [0.15, 0.2) is 0 Å². The number of rotatable bonds is 4. The number of fused-ring (bicyclic) bond motifs is 1. The Morgan fingerprint density at radius 3 is 2.58 bits per heavy atom. The van der Waals surface area contributed by atoms with Crippen molar-refractivity contribution >= 4 is 11.9 Å². The number of benzene rings is 1. The van der Waals surface area contributed by atoms with E-state index >= 15 is 0 Å². The smallest absolute Gasteiger partial charge is 0.307 e. The topological polar surface area (TPSA) is 55.8 Å². The molecule has 5 heteroatoms. The van der Waals surface area contributed by atoms with Gasteiger partial charge >= 0.3 is 5.97 Å². The highest BCUT2D eigenvalue weighted by molar-refractivity contribution is 5.85. The second-order valence-corrected chi connectivity index (χ2v) is 8.29. The summed E-state index contributed by atoms with van der Waals surface area (Å²) in [7, 11) is 0. The molecule has 0 bridgehead atoms. The lowest BCUT2D eigenvalue weighted by atomic mass is 9.83. The van der Waals surface area contributed by atoms with Gasteiger partial charge in [0.2, 0.25) is 5.91 Å². The summed E-state index contributed by atoms with van der Waals surface area (Å²) in [6, 6.07) is 9.91. The van der Waals surface area contributed by atoms with Crippen LogP contribution in [0.1, 0.15) is 58.6 Å². The van der Waals surface area contributed by atoms with Crippen LogP contribution in [0.25, 0.3) is 0 Å². The van der Waals surface area contributed by atoms with Gasteiger partial charge in [0, 0.05) is 11.8 Å². The molecule has 0 N–H and O–H groups in total. The van der Waals surface area contributed by atoms with E-state index in [0.29, 0.717) is 13.0 Å². The summed E-state index contributed by atoms with van der Waals surface area (Å²) in [4.78, 5) is 27.4. The minimum atomic E-state index is -0.537. The number of carbonyl (C=O) groups excluding carboxylic acids is 2. The molecule has 0 radical (unpaired) electrons. The van der Waals surface area contributed by atoms with Crippen molar-refractivity contribution in [2.75, 3.05) is 6.61 Å². The molecule has 0 unspecified atom stereocenters. The van der Waals surface area contributed by atoms with E-state index < -0.39 is 5.60 Å². The van der Waals surface area contributed by atoms with Crippen LogP contribution < -0.4 is 0 Å². The molecule has 4 atom stereocenters. The lowest BCUT2D eigenvalue weighted by Crippen LogP contribution is -2.51. The second kappa shape index (κ2) is 7.39. The van der Waals surface area contributed by atoms with Gasteiger partial charge in [0.25, 0.3) is 0 Å². The maximum atomic E-state index is 13.2. The fourth-order valence-corrected chi connectivity index (χ4v) is 4.02. The zero-order chi connectivity index (χ0) is 18.9. The third kappa shape index (κ3) is 3.93. The van der Waals surface area contributed by atoms with Crippen molar-refractivity contribution in [3.8, 4) is 0 Å². The zero-order valence-electron chi connectivity index (χ0n) is 16.1. The van der Waals surface area contributed by atoms with E-state index in [2.05, 4.69) is 6.92 Å². The van der Waals surface area contributed by atoms with E-state index in [9.17, 15) is 9.59 Å². The third-order valence-corrected chi connectivity index (χ3v) is 5.17. The summed E-state index contributed by atoms with van der Waals surface area (Å²) in [5.41, 5.74) is 0.543. The average Bonchev–Trinajstić information content (AvgIpc) is 3.02. The molecule has 2 saturated heterocycles. The lowest BCUT2D eigenvalue weighted by molar-refractivity contribution is -0.165. The molecule has 2 aliphatic heterocycles. The van der Waals surface area contributed by atoms with E-state index in [1.165, 1.54) is 0 Å². The molecule has 142 valence electrons. The van der Waals surface area contributed by atoms with Crippen LogP contribution in [0.3, 0.4) is 0 Å². The van der Waals surface area contributed by atoms with Crippen molar-refractivity contribution in [1.29, 1.82) is 0 Å². The number of piperidine rings is 1. The van der Waals surface area contributed by atoms with Gasteiger partial charge in [-0.2, -0.15) is 0 Å². The van der Waals surface area contributed by atoms with Crippen LogP contribution in [0.15, 0.2) is 30.3 Å². The van der Waals surface area contributed by atoms with Gasteiger partial charge in [-0.15, -0.1) is 0 Å². The Balaban J connectivity index is 1.80. The van der Waals surface area contributed by atoms with Crippen molar-refractivity contribution in [2.24, 2.45) is 11.8 Å². The minimum Gasteiger partial charge on any atom is -0.460 e. The SMILES string of the molecule is CC[C@H]1C[C@@H](CC(=O)OC(C)(C)C)C(=O)N2[C@@H]1OC[C@H]2c1ccccc1. The summed E-state index contributed by atoms with van der Waals surface area (Å²) in [6.07, 6.45) is 1.54. The highest BCUT2D eigenvalue weighted by Crippen LogP contribution is 2.42. The van der Waals surface area contributed by atoms with E-state index in [1.54, 1.807) is 0 Å². The Kier molecular flexibility index (Phi) is 5.37. The Hall–Kier alpha value is -1.88. The summed E-state index contributed by atoms with van der Waals surface area (Å²) < 4.78 is 11.5. The van der Waals surface area contributed by atoms with Crippen LogP contribution in [0.2, 0.25) is 0 Å². The molecule has 0 spiro atoms. The summed E-state index contributed by atoms with van der Waals surface area (Å²) >= 11 is 0. The number of ether oxygens (including phenoxy) is 2. The predicted molar refractivity (Wildman–Crippen MR) is 98.1 cm³/mol. The molecule has 1 amide bonds. The number of carbonyl (C=O) groups is 2. The molecule has 2 fully saturated rings. The summed E-state index contributed by atoms with van der Waals surface area (Å²) in [6.45, 7) is 8.16. The van der Waals surface area contributed by atoms with Crippen molar-refractivity contribution in [1.82, 2.24) is 4.90 Å². The normalized spacial score (nSPS) is 28.8. The molecule has 26 heavy (non-hydrogen) atoms. The van der Waals surface area contributed by atoms with Crippen LogP contribution in [0.4, 0.5) is 0 Å². The highest BCUT2D eigenvalue weighted by Gasteiger charge is 2.49. The predicted octanol–water partition coefficient (Wildman–Crippen LogP) is 3.69. The van der Waals surface area contributed by atoms with Gasteiger partial charge in [-0.05, 0) is 39.2 Å². The third-order valence-electron chi connectivity index (χ3n) is 5.17. The van der Waals surface area contributed by atoms with Crippen molar-refractivity contribution in [3.05, 3.63) is 35.9 Å². The highest BCUT2D eigenvalue weighted by atomic mass is 16.6. The van der Waals surface area contributed by atoms with E-state index in [0.717, 1.165) is 12.0 Å². The van der Waals surface area contributed by atoms with Crippen LogP contribution in [0.5, 0.6) is 0 Å². The van der Waals surface area contributed by atoms with E-state index in [1.807, 2.05) is 56.0 Å². The maximum Gasteiger partial charge on any atom is 0.307 e. The first-order valence-electron chi connectivity index (χ1n) is 9.50. The van der Waals surface area contributed by atoms with E-state index in [4.69, 9.17) is 9.47 Å². The monoisotopic (exact) mass is 359 g/mol. The number of hydrogen-bond donors (Lipinski definition) is 0. The van der Waals surface area contributed by atoms with Crippen LogP contribution >= 0.6 is 0 Å². The van der Waals surface area contributed by atoms with Gasteiger partial charge in [-0.25, -0.2) is 0 Å². The molecule has 5 nitrogen and oxygen atoms in total. The fourth-order valence-electron chi connectivity index (χ4n) is 4.02. The molecular formula is C21H29NO4. The molecule has 1 aromatic rings. The van der Waals surface area contributed by atoms with Gasteiger partial charge in [0.05, 0.1) is 19.1 Å². The minimum absolute atomic E-state index is 0.0110. The molecule has 0 aliphatic carbocycles. The molecule has 1 aromatic carbocycles. The van der Waals surface area contributed by atoms with Crippen molar-refractivity contribution in [3.63, 3.8) is 0 Å². The fraction of sp³-hybridized carbons (Fsp3) is 0.619. The number of hydrogen-bond acceptors (Lipinski definition) is 4. The molecule has 0 aromatic heterocycles. The molecule has 3 rings (SSSR count). The van der Waals surface area contributed by atoms with Crippen molar-refractivity contribution in [2.45, 2.75) is 64.8 Å². The van der Waals surface area contributed by atoms with Crippen LogP contribution in [0, 0.1) is 11.8 Å². The van der Waals surface area contributed by atoms with E-state index in [-0.39, 0.29) is 42.4 Å². The number of amides is 1. The maximum absolute atomic E-state index is 13.2. The zero-order valence-corrected chi connectivity index (χ0v) is 16.1. The van der Waals surface area contributed by atoms with Gasteiger partial charge in [-0.1, -0.05) is 37.3 Å². The molecule has 2 heterocycles. The Morgan fingerprint density at radius 1 is 1.27 bits per heavy atom. The first-order valence-corrected chi connectivity index (χ1v) is 9.50. The number of esters is 1. The van der Waals surface area contributed by atoms with Crippen LogP contribution in [-0.4, -0.2) is 35.2 Å². The molecule has 0 saturated carbocycles. The Morgan fingerprint density at radius 2 is 1.96 bits per heavy atom. The van der Waals surface area contributed by atoms with Crippen molar-refractivity contribution < 1.29 is 19.1 Å². The average molecular weight is 359 g/mol. The first kappa shape index (κ1) is 18.9. The molecule has 2 aliphatic rings. The quantitative estimate of drug-likeness (QED) is 0.770.